The van der Waals surface area contributed by atoms with Crippen molar-refractivity contribution < 1.29 is 22.4 Å². The van der Waals surface area contributed by atoms with E-state index in [0.29, 0.717) is 0 Å². The fraction of sp³-hybridized carbons (Fsp3) is 0.417. The van der Waals surface area contributed by atoms with Gasteiger partial charge < -0.3 is 10.2 Å². The van der Waals surface area contributed by atoms with Crippen LogP contribution in [0.4, 0.5) is 23.2 Å². The van der Waals surface area contributed by atoms with Crippen molar-refractivity contribution in [3.8, 4) is 0 Å². The number of alkyl halides is 3. The number of rotatable bonds is 1. The van der Waals surface area contributed by atoms with E-state index in [1.807, 2.05) is 0 Å². The Morgan fingerprint density at radius 1 is 1.32 bits per heavy atom. The molecule has 0 aromatic heterocycles. The molecule has 0 aliphatic carbocycles. The predicted octanol–water partition coefficient (Wildman–Crippen LogP) is 2.08. The van der Waals surface area contributed by atoms with E-state index in [2.05, 4.69) is 5.32 Å². The molecule has 2 rings (SSSR count). The molecular weight excluding hydrogens is 264 g/mol. The summed E-state index contributed by atoms with van der Waals surface area (Å²) >= 11 is 0. The van der Waals surface area contributed by atoms with Gasteiger partial charge in [0.2, 0.25) is 5.91 Å². The second kappa shape index (κ2) is 5.07. The number of anilines is 1. The Bertz CT molecular complexity index is 475. The van der Waals surface area contributed by atoms with Crippen LogP contribution < -0.4 is 10.2 Å². The van der Waals surface area contributed by atoms with E-state index in [-0.39, 0.29) is 18.7 Å². The zero-order valence-corrected chi connectivity index (χ0v) is 9.88. The summed E-state index contributed by atoms with van der Waals surface area (Å²) < 4.78 is 52.1. The van der Waals surface area contributed by atoms with Crippen LogP contribution >= 0.6 is 0 Å². The van der Waals surface area contributed by atoms with Crippen LogP contribution in [0.1, 0.15) is 6.42 Å². The standard InChI is InChI=1S/C12H12F4N2O/c13-8-2-1-3-9(6-8)18-5-4-11(19)17-7-10(18)12(14,15)16/h1-3,6,10H,4-5,7H2,(H,17,19). The Kier molecular flexibility index (Phi) is 3.64. The monoisotopic (exact) mass is 276 g/mol. The quantitative estimate of drug-likeness (QED) is 0.797. The van der Waals surface area contributed by atoms with Gasteiger partial charge >= 0.3 is 6.18 Å². The lowest BCUT2D eigenvalue weighted by Gasteiger charge is -2.32. The molecule has 19 heavy (non-hydrogen) atoms. The minimum Gasteiger partial charge on any atom is -0.358 e. The third-order valence-electron chi connectivity index (χ3n) is 2.97. The summed E-state index contributed by atoms with van der Waals surface area (Å²) in [5, 5.41) is 2.22. The summed E-state index contributed by atoms with van der Waals surface area (Å²) in [4.78, 5) is 12.2. The van der Waals surface area contributed by atoms with Crippen LogP contribution in [0.3, 0.4) is 0 Å². The van der Waals surface area contributed by atoms with E-state index in [9.17, 15) is 22.4 Å². The summed E-state index contributed by atoms with van der Waals surface area (Å²) in [6.45, 7) is -0.627. The molecule has 1 saturated heterocycles. The molecule has 1 atom stereocenters. The summed E-state index contributed by atoms with van der Waals surface area (Å²) in [7, 11) is 0. The molecule has 1 amide bonds. The number of nitrogens with one attached hydrogen (secondary N) is 1. The third-order valence-corrected chi connectivity index (χ3v) is 2.97. The van der Waals surface area contributed by atoms with Gasteiger partial charge in [0.25, 0.3) is 0 Å². The first kappa shape index (κ1) is 13.6. The zero-order valence-electron chi connectivity index (χ0n) is 9.88. The molecular formula is C12H12F4N2O. The molecule has 1 aromatic rings. The maximum Gasteiger partial charge on any atom is 0.410 e. The van der Waals surface area contributed by atoms with Gasteiger partial charge in [-0.1, -0.05) is 6.07 Å². The molecule has 104 valence electrons. The second-order valence-electron chi connectivity index (χ2n) is 4.28. The smallest absolute Gasteiger partial charge is 0.358 e. The van der Waals surface area contributed by atoms with Gasteiger partial charge in [-0.15, -0.1) is 0 Å². The number of hydrogen-bond donors (Lipinski definition) is 1. The molecule has 1 N–H and O–H groups in total. The van der Waals surface area contributed by atoms with Crippen molar-refractivity contribution in [1.82, 2.24) is 5.32 Å². The lowest BCUT2D eigenvalue weighted by Crippen LogP contribution is -2.50. The number of halogens is 4. The zero-order chi connectivity index (χ0) is 14.0. The number of carbonyl (C=O) groups is 1. The molecule has 3 nitrogen and oxygen atoms in total. The maximum absolute atomic E-state index is 13.1. The van der Waals surface area contributed by atoms with Crippen molar-refractivity contribution in [2.24, 2.45) is 0 Å². The minimum atomic E-state index is -4.50. The van der Waals surface area contributed by atoms with Crippen molar-refractivity contribution >= 4 is 11.6 Å². The average Bonchev–Trinajstić information content (AvgIpc) is 2.50. The van der Waals surface area contributed by atoms with E-state index >= 15 is 0 Å². The molecule has 1 aliphatic rings. The molecule has 0 spiro atoms. The predicted molar refractivity (Wildman–Crippen MR) is 61.2 cm³/mol. The van der Waals surface area contributed by atoms with Crippen molar-refractivity contribution in [1.29, 1.82) is 0 Å². The normalized spacial score (nSPS) is 20.9. The van der Waals surface area contributed by atoms with Crippen LogP contribution in [-0.4, -0.2) is 31.2 Å². The summed E-state index contributed by atoms with van der Waals surface area (Å²) in [6.07, 6.45) is -4.55. The fourth-order valence-electron chi connectivity index (χ4n) is 2.04. The highest BCUT2D eigenvalue weighted by molar-refractivity contribution is 5.77. The van der Waals surface area contributed by atoms with Gasteiger partial charge in [-0.05, 0) is 18.2 Å². The largest absolute Gasteiger partial charge is 0.410 e. The van der Waals surface area contributed by atoms with E-state index < -0.39 is 30.5 Å². The minimum absolute atomic E-state index is 0.0525. The van der Waals surface area contributed by atoms with Gasteiger partial charge in [0.1, 0.15) is 11.9 Å². The Morgan fingerprint density at radius 2 is 2.05 bits per heavy atom. The number of benzene rings is 1. The highest BCUT2D eigenvalue weighted by Gasteiger charge is 2.45. The lowest BCUT2D eigenvalue weighted by atomic mass is 10.2. The Labute approximate surface area is 107 Å². The van der Waals surface area contributed by atoms with Crippen molar-refractivity contribution in [2.45, 2.75) is 18.6 Å². The van der Waals surface area contributed by atoms with Crippen molar-refractivity contribution in [3.05, 3.63) is 30.1 Å². The first-order valence-electron chi connectivity index (χ1n) is 5.73. The van der Waals surface area contributed by atoms with Crippen LogP contribution in [-0.2, 0) is 4.79 Å². The summed E-state index contributed by atoms with van der Waals surface area (Å²) in [5.74, 6) is -1.05. The number of nitrogens with zero attached hydrogens (tertiary/aromatic N) is 1. The lowest BCUT2D eigenvalue weighted by molar-refractivity contribution is -0.147. The maximum atomic E-state index is 13.1. The number of amides is 1. The highest BCUT2D eigenvalue weighted by atomic mass is 19.4. The van der Waals surface area contributed by atoms with Gasteiger partial charge in [-0.3, -0.25) is 4.79 Å². The summed E-state index contributed by atoms with van der Waals surface area (Å²) in [6, 6.07) is 3.10. The van der Waals surface area contributed by atoms with Gasteiger partial charge in [0.15, 0.2) is 0 Å². The van der Waals surface area contributed by atoms with Gasteiger partial charge in [0.05, 0.1) is 0 Å². The molecule has 1 unspecified atom stereocenters. The molecule has 1 aromatic carbocycles. The molecule has 0 bridgehead atoms. The number of carbonyl (C=O) groups excluding carboxylic acids is 1. The van der Waals surface area contributed by atoms with Gasteiger partial charge in [-0.25, -0.2) is 4.39 Å². The van der Waals surface area contributed by atoms with Crippen LogP contribution in [0, 0.1) is 5.82 Å². The molecule has 1 heterocycles. The fourth-order valence-corrected chi connectivity index (χ4v) is 2.04. The van der Waals surface area contributed by atoms with E-state index in [1.165, 1.54) is 12.1 Å². The topological polar surface area (TPSA) is 32.3 Å². The third kappa shape index (κ3) is 3.15. The first-order chi connectivity index (χ1) is 8.88. The van der Waals surface area contributed by atoms with E-state index in [0.717, 1.165) is 17.0 Å². The van der Waals surface area contributed by atoms with Crippen LogP contribution in [0.15, 0.2) is 24.3 Å². The van der Waals surface area contributed by atoms with Crippen LogP contribution in [0.5, 0.6) is 0 Å². The van der Waals surface area contributed by atoms with E-state index in [4.69, 9.17) is 0 Å². The second-order valence-corrected chi connectivity index (χ2v) is 4.28. The number of hydrogen-bond acceptors (Lipinski definition) is 2. The SMILES string of the molecule is O=C1CCN(c2cccc(F)c2)C(C(F)(F)F)CN1. The Morgan fingerprint density at radius 3 is 2.68 bits per heavy atom. The van der Waals surface area contributed by atoms with Gasteiger partial charge in [-0.2, -0.15) is 13.2 Å². The molecule has 1 fully saturated rings. The Hall–Kier alpha value is -1.79. The van der Waals surface area contributed by atoms with Gasteiger partial charge in [0, 0.05) is 25.2 Å². The van der Waals surface area contributed by atoms with Crippen molar-refractivity contribution in [3.63, 3.8) is 0 Å². The first-order valence-corrected chi connectivity index (χ1v) is 5.73. The molecule has 0 radical (unpaired) electrons. The van der Waals surface area contributed by atoms with E-state index in [1.54, 1.807) is 0 Å². The summed E-state index contributed by atoms with van der Waals surface area (Å²) in [5.41, 5.74) is 0.124. The van der Waals surface area contributed by atoms with Crippen LogP contribution in [0.25, 0.3) is 0 Å². The molecule has 7 heteroatoms. The van der Waals surface area contributed by atoms with Crippen LogP contribution in [0.2, 0.25) is 0 Å². The molecule has 0 saturated carbocycles. The Balaban J connectivity index is 2.34. The average molecular weight is 276 g/mol. The highest BCUT2D eigenvalue weighted by Crippen LogP contribution is 2.30. The van der Waals surface area contributed by atoms with Crippen molar-refractivity contribution in [2.75, 3.05) is 18.0 Å². The molecule has 1 aliphatic heterocycles.